The molecule has 4 nitrogen and oxygen atoms in total. The van der Waals surface area contributed by atoms with Crippen LogP contribution < -0.4 is 14.2 Å². The lowest BCUT2D eigenvalue weighted by Crippen LogP contribution is -2.01. The lowest BCUT2D eigenvalue weighted by Gasteiger charge is -2.10. The summed E-state index contributed by atoms with van der Waals surface area (Å²) in [6.07, 6.45) is 0.609. The van der Waals surface area contributed by atoms with Gasteiger partial charge in [0.15, 0.2) is 17.8 Å². The van der Waals surface area contributed by atoms with Gasteiger partial charge in [0.1, 0.15) is 24.0 Å². The van der Waals surface area contributed by atoms with Crippen LogP contribution in [0, 0.1) is 11.6 Å². The van der Waals surface area contributed by atoms with Crippen molar-refractivity contribution in [2.75, 3.05) is 6.79 Å². The van der Waals surface area contributed by atoms with Crippen molar-refractivity contribution in [1.82, 2.24) is 0 Å². The molecule has 6 heteroatoms. The van der Waals surface area contributed by atoms with Crippen molar-refractivity contribution in [2.24, 2.45) is 0 Å². The highest BCUT2D eigenvalue weighted by Crippen LogP contribution is 2.37. The zero-order valence-corrected chi connectivity index (χ0v) is 10.8. The van der Waals surface area contributed by atoms with Gasteiger partial charge in [0.2, 0.25) is 6.79 Å². The van der Waals surface area contributed by atoms with Crippen molar-refractivity contribution < 1.29 is 27.8 Å². The number of ether oxygens (including phenoxy) is 3. The summed E-state index contributed by atoms with van der Waals surface area (Å²) in [6.45, 7) is -0.0593. The van der Waals surface area contributed by atoms with E-state index in [0.717, 1.165) is 12.1 Å². The summed E-state index contributed by atoms with van der Waals surface area (Å²) in [5.41, 5.74) is 0.452. The molecule has 2 aromatic rings. The van der Waals surface area contributed by atoms with E-state index in [4.69, 9.17) is 14.2 Å². The Hall–Kier alpha value is -2.63. The van der Waals surface area contributed by atoms with Gasteiger partial charge in [-0.15, -0.1) is 0 Å². The van der Waals surface area contributed by atoms with E-state index in [9.17, 15) is 13.6 Å². The van der Waals surface area contributed by atoms with Crippen LogP contribution in [0.2, 0.25) is 0 Å². The first-order valence-electron chi connectivity index (χ1n) is 6.13. The van der Waals surface area contributed by atoms with Crippen molar-refractivity contribution in [3.63, 3.8) is 0 Å². The lowest BCUT2D eigenvalue weighted by molar-refractivity contribution is 0.111. The van der Waals surface area contributed by atoms with Crippen LogP contribution in [0.4, 0.5) is 8.78 Å². The molecule has 108 valence electrons. The monoisotopic (exact) mass is 292 g/mol. The van der Waals surface area contributed by atoms with Crippen molar-refractivity contribution in [3.8, 4) is 17.2 Å². The highest BCUT2D eigenvalue weighted by molar-refractivity contribution is 5.81. The number of hydrogen-bond acceptors (Lipinski definition) is 4. The number of rotatable bonds is 4. The van der Waals surface area contributed by atoms with Gasteiger partial charge in [-0.25, -0.2) is 8.78 Å². The third kappa shape index (κ3) is 2.65. The Kier molecular flexibility index (Phi) is 3.43. The van der Waals surface area contributed by atoms with Crippen LogP contribution in [-0.4, -0.2) is 13.1 Å². The summed E-state index contributed by atoms with van der Waals surface area (Å²) >= 11 is 0. The third-order valence-electron chi connectivity index (χ3n) is 3.03. The normalized spacial score (nSPS) is 12.3. The number of aldehydes is 1. The average molecular weight is 292 g/mol. The first kappa shape index (κ1) is 13.4. The maximum Gasteiger partial charge on any atom is 0.231 e. The minimum absolute atomic E-state index is 0.0731. The molecule has 1 aliphatic rings. The van der Waals surface area contributed by atoms with E-state index in [1.165, 1.54) is 18.2 Å². The van der Waals surface area contributed by atoms with Crippen LogP contribution in [0.25, 0.3) is 0 Å². The largest absolute Gasteiger partial charge is 0.488 e. The SMILES string of the molecule is O=Cc1cc2c(cc1OCc1ccc(F)cc1F)OCO2. The van der Waals surface area contributed by atoms with Crippen LogP contribution >= 0.6 is 0 Å². The predicted molar refractivity (Wildman–Crippen MR) is 68.6 cm³/mol. The van der Waals surface area contributed by atoms with E-state index in [1.54, 1.807) is 0 Å². The van der Waals surface area contributed by atoms with E-state index in [1.807, 2.05) is 0 Å². The average Bonchev–Trinajstić information content (AvgIpc) is 2.92. The molecule has 0 unspecified atom stereocenters. The van der Waals surface area contributed by atoms with E-state index >= 15 is 0 Å². The van der Waals surface area contributed by atoms with Gasteiger partial charge in [0.05, 0.1) is 5.56 Å². The Balaban J connectivity index is 1.83. The minimum atomic E-state index is -0.705. The Morgan fingerprint density at radius 2 is 1.90 bits per heavy atom. The van der Waals surface area contributed by atoms with Crippen molar-refractivity contribution in [3.05, 3.63) is 53.1 Å². The first-order valence-corrected chi connectivity index (χ1v) is 6.13. The second kappa shape index (κ2) is 5.40. The first-order chi connectivity index (χ1) is 10.2. The topological polar surface area (TPSA) is 44.8 Å². The molecule has 0 radical (unpaired) electrons. The Morgan fingerprint density at radius 3 is 2.62 bits per heavy atom. The molecule has 0 aliphatic carbocycles. The summed E-state index contributed by atoms with van der Waals surface area (Å²) in [6, 6.07) is 6.21. The fourth-order valence-corrected chi connectivity index (χ4v) is 1.95. The van der Waals surface area contributed by atoms with Crippen LogP contribution in [0.1, 0.15) is 15.9 Å². The highest BCUT2D eigenvalue weighted by Gasteiger charge is 2.18. The summed E-state index contributed by atoms with van der Waals surface area (Å²) in [5.74, 6) is -0.207. The molecule has 2 aromatic carbocycles. The van der Waals surface area contributed by atoms with E-state index in [2.05, 4.69) is 0 Å². The van der Waals surface area contributed by atoms with Gasteiger partial charge in [-0.1, -0.05) is 0 Å². The molecule has 3 rings (SSSR count). The highest BCUT2D eigenvalue weighted by atomic mass is 19.1. The Morgan fingerprint density at radius 1 is 1.14 bits per heavy atom. The lowest BCUT2D eigenvalue weighted by atomic mass is 10.2. The van der Waals surface area contributed by atoms with Gasteiger partial charge >= 0.3 is 0 Å². The maximum atomic E-state index is 13.5. The van der Waals surface area contributed by atoms with Gasteiger partial charge in [-0.05, 0) is 18.2 Å². The molecule has 1 heterocycles. The van der Waals surface area contributed by atoms with Crippen molar-refractivity contribution >= 4 is 6.29 Å². The third-order valence-corrected chi connectivity index (χ3v) is 3.03. The molecule has 0 N–H and O–H groups in total. The van der Waals surface area contributed by atoms with Gasteiger partial charge in [-0.2, -0.15) is 0 Å². The van der Waals surface area contributed by atoms with Gasteiger partial charge in [0.25, 0.3) is 0 Å². The second-order valence-corrected chi connectivity index (χ2v) is 4.39. The maximum absolute atomic E-state index is 13.5. The van der Waals surface area contributed by atoms with E-state index < -0.39 is 11.6 Å². The van der Waals surface area contributed by atoms with Gasteiger partial charge in [-0.3, -0.25) is 4.79 Å². The van der Waals surface area contributed by atoms with Crippen LogP contribution in [-0.2, 0) is 6.61 Å². The summed E-state index contributed by atoms with van der Waals surface area (Å²) < 4.78 is 42.1. The number of hydrogen-bond donors (Lipinski definition) is 0. The summed E-state index contributed by atoms with van der Waals surface area (Å²) in [4.78, 5) is 11.1. The molecule has 0 amide bonds. The van der Waals surface area contributed by atoms with Crippen molar-refractivity contribution in [1.29, 1.82) is 0 Å². The quantitative estimate of drug-likeness (QED) is 0.812. The van der Waals surface area contributed by atoms with Gasteiger partial charge < -0.3 is 14.2 Å². The number of carbonyl (C=O) groups is 1. The summed E-state index contributed by atoms with van der Waals surface area (Å²) in [5, 5.41) is 0. The van der Waals surface area contributed by atoms with Gasteiger partial charge in [0, 0.05) is 17.7 Å². The second-order valence-electron chi connectivity index (χ2n) is 4.39. The molecular formula is C15H10F2O4. The molecule has 1 aliphatic heterocycles. The number of halogens is 2. The summed E-state index contributed by atoms with van der Waals surface area (Å²) in [7, 11) is 0. The molecule has 0 fully saturated rings. The minimum Gasteiger partial charge on any atom is -0.488 e. The van der Waals surface area contributed by atoms with Crippen LogP contribution in [0.15, 0.2) is 30.3 Å². The molecule has 0 aromatic heterocycles. The smallest absolute Gasteiger partial charge is 0.231 e. The molecule has 0 spiro atoms. The number of fused-ring (bicyclic) bond motifs is 1. The Bertz CT molecular complexity index is 700. The van der Waals surface area contributed by atoms with Crippen molar-refractivity contribution in [2.45, 2.75) is 6.61 Å². The predicted octanol–water partition coefficient (Wildman–Crippen LogP) is 3.09. The molecular weight excluding hydrogens is 282 g/mol. The number of benzene rings is 2. The molecule has 0 saturated carbocycles. The fourth-order valence-electron chi connectivity index (χ4n) is 1.95. The zero-order chi connectivity index (χ0) is 14.8. The molecule has 0 atom stereocenters. The van der Waals surface area contributed by atoms with Crippen LogP contribution in [0.5, 0.6) is 17.2 Å². The fraction of sp³-hybridized carbons (Fsp3) is 0.133. The molecule has 21 heavy (non-hydrogen) atoms. The zero-order valence-electron chi connectivity index (χ0n) is 10.8. The molecule has 0 bridgehead atoms. The standard InChI is InChI=1S/C15H10F2O4/c16-11-2-1-9(12(17)4-11)7-19-13-5-15-14(20-8-21-15)3-10(13)6-18/h1-6H,7-8H2. The van der Waals surface area contributed by atoms with E-state index in [-0.39, 0.29) is 30.3 Å². The van der Waals surface area contributed by atoms with E-state index in [0.29, 0.717) is 17.8 Å². The Labute approximate surface area is 118 Å². The number of carbonyl (C=O) groups excluding carboxylic acids is 1. The van der Waals surface area contributed by atoms with Crippen LogP contribution in [0.3, 0.4) is 0 Å². The molecule has 0 saturated heterocycles.